The smallest absolute Gasteiger partial charge is 0.222 e. The van der Waals surface area contributed by atoms with Gasteiger partial charge in [0.25, 0.3) is 0 Å². The van der Waals surface area contributed by atoms with Crippen LogP contribution in [0.3, 0.4) is 0 Å². The number of aliphatic imine (C=N–C) groups is 6. The number of hydrogen-bond acceptors (Lipinski definition) is 32. The summed E-state index contributed by atoms with van der Waals surface area (Å²) >= 11 is 3.53. The van der Waals surface area contributed by atoms with Gasteiger partial charge in [0, 0.05) is 61.5 Å². The summed E-state index contributed by atoms with van der Waals surface area (Å²) < 4.78 is 42.3. The van der Waals surface area contributed by atoms with Crippen molar-refractivity contribution in [2.24, 2.45) is 70.5 Å². The molecule has 0 radical (unpaired) electrons. The van der Waals surface area contributed by atoms with Crippen molar-refractivity contribution in [1.82, 2.24) is 34.7 Å². The number of aliphatic hydroxyl groups excluding tert-OH is 7. The number of nitrogens with one attached hydrogen (secondary N) is 1. The van der Waals surface area contributed by atoms with E-state index in [9.17, 15) is 40.5 Å². The lowest BCUT2D eigenvalue weighted by atomic mass is 9.96. The highest BCUT2D eigenvalue weighted by atomic mass is 79.9. The number of ether oxygens (including phenoxy) is 7. The molecule has 132 heavy (non-hydrogen) atoms. The van der Waals surface area contributed by atoms with E-state index in [2.05, 4.69) is 208 Å². The summed E-state index contributed by atoms with van der Waals surface area (Å²) in [5.41, 5.74) is 28.8. The Morgan fingerprint density at radius 1 is 0.462 bits per heavy atom. The van der Waals surface area contributed by atoms with Crippen molar-refractivity contribution in [1.29, 1.82) is 0 Å². The molecule has 0 unspecified atom stereocenters. The number of nitrogens with two attached hydrogens (primary N) is 5. The van der Waals surface area contributed by atoms with Crippen LogP contribution in [-0.4, -0.2) is 400 Å². The zero-order valence-corrected chi connectivity index (χ0v) is 87.1. The predicted octanol–water partition coefficient (Wildman–Crippen LogP) is 7.06. The summed E-state index contributed by atoms with van der Waals surface area (Å²) in [5, 5.41) is 75.7. The van der Waals surface area contributed by atoms with Crippen molar-refractivity contribution >= 4 is 136 Å². The number of aliphatic hydroxyl groups is 7. The Labute approximate surface area is 792 Å². The Balaban J connectivity index is 0.000000178. The average Bonchev–Trinajstić information content (AvgIpc) is 1.57. The Morgan fingerprint density at radius 3 is 1.17 bits per heavy atom. The SMILES string of the molecule is C=C1N=C(N)C(C)=CN1[C@@H]1O[C@@]2(CCP(=C)(C)C)CO[C@@H]1[C@@H]2O.C=C1N=C(N)C=CN1[C@@H]1C=C(CCP(=C)(C)C)[C@@H](O)[C@H]1O.C=C1N=C(N)C=CN1[C@@H]1O[C@@]2(CCP(=C)(C)C)CO[C@@H]1[C@@H]2O.C=C1N=C(N)C=CN1[C@@H]1O[C@H](CCP(=C)(C)C)[C@@H](O)[C@H]1Br.C=C1N=C(N)C=CN1[C@@H]1O[C@H](CCP(=C)(C)C)[C@@H](O)[C@H]1C.C=C1N=C(NC(C)=O)C=CN1[C@@H]1O[C@H](CCP(=C)(C)C)[C@@H](O)[C@H]1C. The van der Waals surface area contributed by atoms with Crippen molar-refractivity contribution in [3.8, 4) is 0 Å². The first-order valence-electron chi connectivity index (χ1n) is 44.2. The molecular weight excluding hydrogens is 1860 g/mol. The maximum Gasteiger partial charge on any atom is 0.222 e. The van der Waals surface area contributed by atoms with Crippen LogP contribution < -0.4 is 34.0 Å². The Kier molecular flexibility index (Phi) is 36.6. The number of amidine groups is 6. The molecule has 0 aromatic heterocycles. The number of carbonyl (C=O) groups excluding carboxylic acids is 1. The molecule has 0 aromatic carbocycles. The summed E-state index contributed by atoms with van der Waals surface area (Å²) in [6, 6.07) is -0.359. The molecule has 1 aliphatic carbocycles. The van der Waals surface area contributed by atoms with Gasteiger partial charge in [-0.15, -0.1) is 79.1 Å². The van der Waals surface area contributed by atoms with Gasteiger partial charge < -0.3 is 132 Å². The van der Waals surface area contributed by atoms with Crippen LogP contribution in [-0.2, 0) is 38.0 Å². The van der Waals surface area contributed by atoms with Crippen molar-refractivity contribution in [3.05, 3.63) is 159 Å². The third kappa shape index (κ3) is 28.7. The number of fused-ring (bicyclic) bond motifs is 4. The molecule has 14 aliphatic rings. The Hall–Kier alpha value is -6.37. The quantitative estimate of drug-likeness (QED) is 0.0261. The van der Waals surface area contributed by atoms with Crippen LogP contribution in [0.15, 0.2) is 189 Å². The molecule has 13 heterocycles. The molecule has 13 aliphatic heterocycles. The van der Waals surface area contributed by atoms with Crippen LogP contribution in [0.2, 0.25) is 0 Å². The zero-order valence-electron chi connectivity index (χ0n) is 80.1. The van der Waals surface area contributed by atoms with E-state index in [0.717, 1.165) is 86.6 Å². The van der Waals surface area contributed by atoms with Crippen LogP contribution in [0.4, 0.5) is 0 Å². The van der Waals surface area contributed by atoms with Gasteiger partial charge in [-0.25, -0.2) is 30.0 Å². The van der Waals surface area contributed by atoms with E-state index in [1.165, 1.54) is 6.92 Å². The molecule has 0 spiro atoms. The summed E-state index contributed by atoms with van der Waals surface area (Å²) in [6.45, 7) is 50.8. The molecule has 23 atom stereocenters. The lowest BCUT2D eigenvalue weighted by molar-refractivity contribution is -0.181. The van der Waals surface area contributed by atoms with Crippen molar-refractivity contribution < 1.29 is 73.7 Å². The number of alkyl halides is 1. The normalized spacial score (nSPS) is 33.7. The molecular formula is C92H151BrN18O15P6. The predicted molar refractivity (Wildman–Crippen MR) is 563 cm³/mol. The van der Waals surface area contributed by atoms with Gasteiger partial charge in [0.05, 0.1) is 60.7 Å². The topological polar surface area (TPSA) is 459 Å². The lowest BCUT2D eigenvalue weighted by Crippen LogP contribution is -2.46. The average molecular weight is 2020 g/mol. The fraction of sp³-hybridized carbons (Fsp3) is 0.576. The first-order valence-corrected chi connectivity index (χ1v) is 63.4. The Morgan fingerprint density at radius 2 is 0.795 bits per heavy atom. The van der Waals surface area contributed by atoms with Gasteiger partial charge in [0.2, 0.25) is 5.91 Å². The molecule has 7 fully saturated rings. The van der Waals surface area contributed by atoms with Crippen LogP contribution in [0.1, 0.15) is 66.2 Å². The van der Waals surface area contributed by atoms with E-state index in [-0.39, 0.29) is 65.6 Å². The second-order valence-corrected chi connectivity index (χ2v) is 67.3. The summed E-state index contributed by atoms with van der Waals surface area (Å²) in [6.07, 6.45) is 49.3. The second-order valence-electron chi connectivity index (χ2n) is 40.3. The van der Waals surface area contributed by atoms with E-state index < -0.39 is 120 Å². The monoisotopic (exact) mass is 2010 g/mol. The first-order chi connectivity index (χ1) is 61.0. The number of amides is 1. The maximum absolute atomic E-state index is 11.1. The largest absolute Gasteiger partial charge is 0.390 e. The molecule has 736 valence electrons. The molecule has 1 amide bonds. The fourth-order valence-corrected chi connectivity index (χ4v) is 23.1. The molecule has 4 bridgehead atoms. The highest BCUT2D eigenvalue weighted by Crippen LogP contribution is 2.52. The molecule has 40 heteroatoms. The standard InChI is InChI=1S/C17H28N3O3P.C16H26N3O3P.C15H24N3O3P.C15H26N3O2P.C15H24N3O2P.C14H23BrN3O2P/c1-11-16(22)14(8-10-24(4,5)6)23-17(11)20-9-7-15(18-12(20)2)19-13(3)21;1-10-8-19(11(2)18-14(10)17)15-12-13(20)16(22-15,9-21-12)6-7-23(3,4)5;1-10-17-11(16)5-7-18(10)14-12-13(19)15(21-14,9-20-12)6-8-22(2,3)4;1-10-14(19)12(7-9-21(3,4)5)20-15(10)18-8-6-13(16)17-11(18)2;1-10-17-13(16)5-7-18(10)12-9-11(14(19)15(12)20)6-8-21(2,3)4;1-9-17-11(16)5-7-18(9)14-12(15)13(19)10(20-14)6-8-21(2,3)4/h7,9,11,14,16-17,22H,2,4,8,10H2,1,3,5-6H3,(H,18,19,21);8,12-13,15,20H,2-3,6-7,9H2,1,4-5H3,(H2,17,18);5,7,12-14,19H,1-2,6,8-9H2,3-4H3,(H2,16,17);6,8,10,12,14-15,19H,2-3,7,9H2,1,4-5H3,(H2,16,17);5,7,9,12,14-15,19-20H,1-2,6,8H2,3-4H3,(H2,16,17);5,7,10,12-14,19H,1-2,6,8H2,3-4H3,(H2,16,17)/t11-,14-,16+,17-;12-,13+,15-,16+;12-,13+,14-,15+;10-,12-,14+,15-;12-,14-,15+;10-,12-,13-,14-/m111111/s1. The van der Waals surface area contributed by atoms with Gasteiger partial charge in [-0.3, -0.25) is 4.79 Å². The molecule has 0 saturated carbocycles. The van der Waals surface area contributed by atoms with Gasteiger partial charge >= 0.3 is 0 Å². The zero-order chi connectivity index (χ0) is 98.5. The third-order valence-corrected chi connectivity index (χ3v) is 34.2. The van der Waals surface area contributed by atoms with Crippen LogP contribution >= 0.6 is 57.2 Å². The molecule has 7 saturated heterocycles. The number of hydrogen-bond donors (Lipinski definition) is 13. The molecule has 18 N–H and O–H groups in total. The molecule has 33 nitrogen and oxygen atoms in total. The number of carbonyl (C=O) groups is 1. The molecule has 14 rings (SSSR count). The van der Waals surface area contributed by atoms with Crippen LogP contribution in [0.5, 0.6) is 0 Å². The van der Waals surface area contributed by atoms with Gasteiger partial charge in [0.1, 0.15) is 130 Å². The van der Waals surface area contributed by atoms with Crippen molar-refractivity contribution in [2.45, 2.75) is 193 Å². The number of rotatable bonds is 24. The second kappa shape index (κ2) is 44.2. The van der Waals surface area contributed by atoms with Crippen molar-refractivity contribution in [2.75, 3.05) is 130 Å². The van der Waals surface area contributed by atoms with E-state index in [1.807, 2.05) is 53.9 Å². The van der Waals surface area contributed by atoms with E-state index >= 15 is 0 Å². The minimum absolute atomic E-state index is 0.0165. The van der Waals surface area contributed by atoms with Crippen LogP contribution in [0, 0.1) is 11.8 Å². The third-order valence-electron chi connectivity index (χ3n) is 24.5. The van der Waals surface area contributed by atoms with Gasteiger partial charge in [0.15, 0.2) is 18.7 Å². The summed E-state index contributed by atoms with van der Waals surface area (Å²) in [4.78, 5) is 46.7. The maximum atomic E-state index is 11.1. The van der Waals surface area contributed by atoms with Gasteiger partial charge in [-0.1, -0.05) is 75.3 Å². The Bertz CT molecular complexity index is 4970. The van der Waals surface area contributed by atoms with Crippen LogP contribution in [0.25, 0.3) is 0 Å². The first kappa shape index (κ1) is 109. The van der Waals surface area contributed by atoms with E-state index in [1.54, 1.807) is 69.9 Å². The minimum atomic E-state index is -1.19. The van der Waals surface area contributed by atoms with Gasteiger partial charge in [-0.05, 0) is 198 Å². The highest BCUT2D eigenvalue weighted by molar-refractivity contribution is 9.09. The fourth-order valence-electron chi connectivity index (χ4n) is 16.6. The summed E-state index contributed by atoms with van der Waals surface area (Å²) in [7, 11) is 0. The molecule has 0 aromatic rings. The number of halogens is 1. The van der Waals surface area contributed by atoms with E-state index in [0.29, 0.717) is 83.2 Å². The minimum Gasteiger partial charge on any atom is -0.390 e. The number of nitrogens with zero attached hydrogens (tertiary/aromatic N) is 12. The van der Waals surface area contributed by atoms with Crippen molar-refractivity contribution in [3.63, 3.8) is 0 Å². The lowest BCUT2D eigenvalue weighted by Gasteiger charge is -2.37. The van der Waals surface area contributed by atoms with Gasteiger partial charge in [-0.2, -0.15) is 0 Å². The summed E-state index contributed by atoms with van der Waals surface area (Å²) in [5.74, 6) is 5.29. The highest BCUT2D eigenvalue weighted by Gasteiger charge is 2.64. The van der Waals surface area contributed by atoms with E-state index in [4.69, 9.17) is 61.8 Å².